The van der Waals surface area contributed by atoms with E-state index in [1.54, 1.807) is 7.05 Å². The van der Waals surface area contributed by atoms with Gasteiger partial charge in [-0.05, 0) is 43.0 Å². The lowest BCUT2D eigenvalue weighted by atomic mass is 10.1. The number of aryl methyl sites for hydroxylation is 2. The normalized spacial score (nSPS) is 13.6. The molecule has 0 spiro atoms. The molecule has 30 heavy (non-hydrogen) atoms. The molecular formula is C19H15ClF3N3O2S2. The first-order valence-corrected chi connectivity index (χ1v) is 11.1. The van der Waals surface area contributed by atoms with Crippen molar-refractivity contribution in [1.82, 2.24) is 9.55 Å². The highest BCUT2D eigenvalue weighted by Gasteiger charge is 2.34. The molecule has 11 heteroatoms. The van der Waals surface area contributed by atoms with Crippen LogP contribution in [0.1, 0.15) is 22.4 Å². The number of benzene rings is 1. The van der Waals surface area contributed by atoms with Crippen molar-refractivity contribution in [3.8, 4) is 0 Å². The van der Waals surface area contributed by atoms with E-state index in [4.69, 9.17) is 11.6 Å². The van der Waals surface area contributed by atoms with E-state index in [9.17, 15) is 22.8 Å². The summed E-state index contributed by atoms with van der Waals surface area (Å²) in [7, 11) is 1.58. The van der Waals surface area contributed by atoms with Crippen molar-refractivity contribution < 1.29 is 18.0 Å². The summed E-state index contributed by atoms with van der Waals surface area (Å²) in [5, 5.41) is 3.17. The first-order chi connectivity index (χ1) is 14.1. The Morgan fingerprint density at radius 1 is 1.37 bits per heavy atom. The first-order valence-electron chi connectivity index (χ1n) is 8.96. The van der Waals surface area contributed by atoms with Crippen molar-refractivity contribution in [3.63, 3.8) is 0 Å². The number of hydrogen-bond donors (Lipinski definition) is 1. The fourth-order valence-corrected chi connectivity index (χ4v) is 5.66. The van der Waals surface area contributed by atoms with Crippen LogP contribution in [0.5, 0.6) is 0 Å². The number of carbonyl (C=O) groups excluding carboxylic acids is 1. The number of amides is 1. The Hall–Kier alpha value is -2.04. The summed E-state index contributed by atoms with van der Waals surface area (Å²) >= 11 is 8.14. The molecule has 1 N–H and O–H groups in total. The third-order valence-electron chi connectivity index (χ3n) is 4.80. The standard InChI is InChI=1S/C19H15ClF3N3O2S2/c1-26-17(28)15-10-3-2-4-13(10)30-16(15)25-18(26)29-8-14(27)24-12-6-5-9(20)7-11(12)19(21,22)23/h5-7H,2-4,8H2,1H3,(H,24,27). The Balaban J connectivity index is 1.53. The van der Waals surface area contributed by atoms with Gasteiger partial charge in [-0.2, -0.15) is 13.2 Å². The van der Waals surface area contributed by atoms with E-state index in [2.05, 4.69) is 10.3 Å². The minimum Gasteiger partial charge on any atom is -0.325 e. The lowest BCUT2D eigenvalue weighted by Crippen LogP contribution is -2.22. The zero-order chi connectivity index (χ0) is 21.6. The number of anilines is 1. The minimum absolute atomic E-state index is 0.0787. The van der Waals surface area contributed by atoms with Crippen molar-refractivity contribution in [2.24, 2.45) is 7.05 Å². The molecule has 0 bridgehead atoms. The maximum atomic E-state index is 13.2. The van der Waals surface area contributed by atoms with Gasteiger partial charge in [0.15, 0.2) is 5.16 Å². The van der Waals surface area contributed by atoms with Crippen LogP contribution in [-0.4, -0.2) is 21.2 Å². The zero-order valence-electron chi connectivity index (χ0n) is 15.6. The molecule has 5 nitrogen and oxygen atoms in total. The quantitative estimate of drug-likeness (QED) is 0.433. The van der Waals surface area contributed by atoms with Crippen LogP contribution in [0.4, 0.5) is 18.9 Å². The molecule has 2 heterocycles. The number of thiophene rings is 1. The topological polar surface area (TPSA) is 64.0 Å². The maximum Gasteiger partial charge on any atom is 0.418 e. The van der Waals surface area contributed by atoms with Crippen LogP contribution in [0.2, 0.25) is 5.02 Å². The van der Waals surface area contributed by atoms with Gasteiger partial charge in [0.05, 0.1) is 22.4 Å². The van der Waals surface area contributed by atoms with Gasteiger partial charge in [-0.3, -0.25) is 14.2 Å². The second-order valence-corrected chi connectivity index (χ2v) is 9.28. The first kappa shape index (κ1) is 21.2. The molecule has 0 unspecified atom stereocenters. The molecule has 2 aromatic heterocycles. The molecule has 0 saturated heterocycles. The highest BCUT2D eigenvalue weighted by atomic mass is 35.5. The van der Waals surface area contributed by atoms with Crippen LogP contribution in [-0.2, 0) is 30.9 Å². The third-order valence-corrected chi connectivity index (χ3v) is 7.25. The summed E-state index contributed by atoms with van der Waals surface area (Å²) in [4.78, 5) is 31.4. The van der Waals surface area contributed by atoms with E-state index in [-0.39, 0.29) is 22.0 Å². The number of thioether (sulfide) groups is 1. The average molecular weight is 474 g/mol. The molecule has 0 atom stereocenters. The molecule has 1 aliphatic carbocycles. The lowest BCUT2D eigenvalue weighted by molar-refractivity contribution is -0.137. The van der Waals surface area contributed by atoms with Crippen LogP contribution >= 0.6 is 34.7 Å². The number of nitrogens with zero attached hydrogens (tertiary/aromatic N) is 2. The number of alkyl halides is 3. The largest absolute Gasteiger partial charge is 0.418 e. The second-order valence-electron chi connectivity index (χ2n) is 6.82. The number of nitrogens with one attached hydrogen (secondary N) is 1. The van der Waals surface area contributed by atoms with Crippen molar-refractivity contribution >= 4 is 56.5 Å². The fraction of sp³-hybridized carbons (Fsp3) is 0.316. The van der Waals surface area contributed by atoms with E-state index < -0.39 is 17.6 Å². The van der Waals surface area contributed by atoms with E-state index in [0.717, 1.165) is 48.7 Å². The number of aromatic nitrogens is 2. The fourth-order valence-electron chi connectivity index (χ4n) is 3.41. The van der Waals surface area contributed by atoms with E-state index >= 15 is 0 Å². The number of rotatable bonds is 4. The summed E-state index contributed by atoms with van der Waals surface area (Å²) in [6, 6.07) is 3.15. The number of fused-ring (bicyclic) bond motifs is 3. The summed E-state index contributed by atoms with van der Waals surface area (Å²) in [5.41, 5.74) is -0.489. The molecule has 3 aromatic rings. The number of hydrogen-bond acceptors (Lipinski definition) is 5. The third kappa shape index (κ3) is 3.95. The Kier molecular flexibility index (Phi) is 5.58. The van der Waals surface area contributed by atoms with Gasteiger partial charge >= 0.3 is 6.18 Å². The molecule has 1 amide bonds. The summed E-state index contributed by atoms with van der Waals surface area (Å²) in [6.07, 6.45) is -1.82. The van der Waals surface area contributed by atoms with E-state index in [1.807, 2.05) is 0 Å². The van der Waals surface area contributed by atoms with Crippen molar-refractivity contribution in [2.45, 2.75) is 30.6 Å². The lowest BCUT2D eigenvalue weighted by Gasteiger charge is -2.14. The van der Waals surface area contributed by atoms with E-state index in [1.165, 1.54) is 26.8 Å². The summed E-state index contributed by atoms with van der Waals surface area (Å²) in [5.74, 6) is -0.840. The van der Waals surface area contributed by atoms with Gasteiger partial charge in [-0.15, -0.1) is 11.3 Å². The van der Waals surface area contributed by atoms with E-state index in [0.29, 0.717) is 15.4 Å². The Morgan fingerprint density at radius 2 is 2.13 bits per heavy atom. The van der Waals surface area contributed by atoms with Crippen molar-refractivity contribution in [2.75, 3.05) is 11.1 Å². The monoisotopic (exact) mass is 473 g/mol. The molecule has 0 radical (unpaired) electrons. The second kappa shape index (κ2) is 7.90. The van der Waals surface area contributed by atoms with Crippen LogP contribution in [0.25, 0.3) is 10.2 Å². The van der Waals surface area contributed by atoms with Crippen LogP contribution < -0.4 is 10.9 Å². The molecular weight excluding hydrogens is 459 g/mol. The molecule has 0 fully saturated rings. The Bertz CT molecular complexity index is 1220. The van der Waals surface area contributed by atoms with Gasteiger partial charge in [0.2, 0.25) is 5.91 Å². The van der Waals surface area contributed by atoms with Gasteiger partial charge in [-0.25, -0.2) is 4.98 Å². The molecule has 4 rings (SSSR count). The Morgan fingerprint density at radius 3 is 2.87 bits per heavy atom. The smallest absolute Gasteiger partial charge is 0.325 e. The number of carbonyl (C=O) groups is 1. The predicted octanol–water partition coefficient (Wildman–Crippen LogP) is 4.89. The van der Waals surface area contributed by atoms with Crippen molar-refractivity contribution in [3.05, 3.63) is 49.6 Å². The number of halogens is 4. The average Bonchev–Trinajstić information content (AvgIpc) is 3.25. The highest BCUT2D eigenvalue weighted by molar-refractivity contribution is 7.99. The molecule has 0 aliphatic heterocycles. The predicted molar refractivity (Wildman–Crippen MR) is 113 cm³/mol. The minimum atomic E-state index is -4.66. The maximum absolute atomic E-state index is 13.2. The van der Waals surface area contributed by atoms with Gasteiger partial charge in [0.25, 0.3) is 5.56 Å². The molecule has 158 valence electrons. The molecule has 1 aromatic carbocycles. The summed E-state index contributed by atoms with van der Waals surface area (Å²) in [6.45, 7) is 0. The highest BCUT2D eigenvalue weighted by Crippen LogP contribution is 2.37. The van der Waals surface area contributed by atoms with Gasteiger partial charge in [-0.1, -0.05) is 23.4 Å². The van der Waals surface area contributed by atoms with Crippen molar-refractivity contribution in [1.29, 1.82) is 0 Å². The van der Waals surface area contributed by atoms with Crippen LogP contribution in [0, 0.1) is 0 Å². The van der Waals surface area contributed by atoms with Gasteiger partial charge in [0.1, 0.15) is 4.83 Å². The molecule has 0 saturated carbocycles. The van der Waals surface area contributed by atoms with Gasteiger partial charge < -0.3 is 5.32 Å². The molecule has 1 aliphatic rings. The Labute approximate surface area is 182 Å². The van der Waals surface area contributed by atoms with Crippen LogP contribution in [0.15, 0.2) is 28.2 Å². The van der Waals surface area contributed by atoms with Crippen LogP contribution in [0.3, 0.4) is 0 Å². The summed E-state index contributed by atoms with van der Waals surface area (Å²) < 4.78 is 40.9. The van der Waals surface area contributed by atoms with Gasteiger partial charge in [0, 0.05) is 16.9 Å². The SMILES string of the molecule is Cn1c(SCC(=O)Nc2ccc(Cl)cc2C(F)(F)F)nc2sc3c(c2c1=O)CCC3. The zero-order valence-corrected chi connectivity index (χ0v) is 18.0.